The molecule has 5 aromatic rings. The SMILES string of the molecule is CC(C)(C)c1cc(-c2nc3ccc(-c4ccccc4C(F)(F)F)cc3[nH]2)n(Cc2ccccc2)n1.[Na]. The van der Waals surface area contributed by atoms with Crippen LogP contribution in [0.5, 0.6) is 0 Å². The number of hydrogen-bond acceptors (Lipinski definition) is 2. The number of benzene rings is 3. The molecule has 0 saturated heterocycles. The average Bonchev–Trinajstić information content (AvgIpc) is 3.42. The minimum atomic E-state index is -4.43. The molecule has 0 saturated carbocycles. The molecule has 0 unspecified atom stereocenters. The number of hydrogen-bond donors (Lipinski definition) is 1. The number of nitrogens with one attached hydrogen (secondary N) is 1. The van der Waals surface area contributed by atoms with Gasteiger partial charge in [-0.05, 0) is 41.0 Å². The third-order valence-corrected chi connectivity index (χ3v) is 5.99. The molecule has 0 aliphatic heterocycles. The maximum absolute atomic E-state index is 13.6. The molecule has 0 fully saturated rings. The minimum Gasteiger partial charge on any atom is -0.337 e. The number of H-pyrrole nitrogens is 1. The van der Waals surface area contributed by atoms with Crippen molar-refractivity contribution in [3.8, 4) is 22.6 Å². The van der Waals surface area contributed by atoms with Gasteiger partial charge in [0.15, 0.2) is 5.82 Å². The van der Waals surface area contributed by atoms with Gasteiger partial charge >= 0.3 is 6.18 Å². The Kier molecular flexibility index (Phi) is 7.19. The van der Waals surface area contributed by atoms with Crippen LogP contribution >= 0.6 is 0 Å². The molecule has 4 nitrogen and oxygen atoms in total. The van der Waals surface area contributed by atoms with E-state index in [-0.39, 0.29) is 40.5 Å². The smallest absolute Gasteiger partial charge is 0.337 e. The number of fused-ring (bicyclic) bond motifs is 1. The Labute approximate surface area is 229 Å². The maximum atomic E-state index is 13.6. The summed E-state index contributed by atoms with van der Waals surface area (Å²) in [5.74, 6) is 0.625. The summed E-state index contributed by atoms with van der Waals surface area (Å²) in [6.07, 6.45) is -4.43. The quantitative estimate of drug-likeness (QED) is 0.270. The molecular formula is C28H25F3N4Na. The minimum absolute atomic E-state index is 0. The first-order valence-electron chi connectivity index (χ1n) is 11.4. The van der Waals surface area contributed by atoms with Crippen LogP contribution in [0.25, 0.3) is 33.7 Å². The van der Waals surface area contributed by atoms with E-state index in [0.717, 1.165) is 23.0 Å². The number of alkyl halides is 3. The van der Waals surface area contributed by atoms with E-state index in [1.807, 2.05) is 41.1 Å². The van der Waals surface area contributed by atoms with Gasteiger partial charge in [-0.15, -0.1) is 0 Å². The molecule has 0 bridgehead atoms. The molecule has 0 aliphatic rings. The van der Waals surface area contributed by atoms with Gasteiger partial charge < -0.3 is 4.98 Å². The van der Waals surface area contributed by atoms with Crippen LogP contribution in [0.2, 0.25) is 0 Å². The Morgan fingerprint density at radius 1 is 0.861 bits per heavy atom. The number of imidazole rings is 1. The van der Waals surface area contributed by atoms with Crippen LogP contribution in [0.3, 0.4) is 0 Å². The van der Waals surface area contributed by atoms with Crippen molar-refractivity contribution in [3.63, 3.8) is 0 Å². The van der Waals surface area contributed by atoms with Gasteiger partial charge in [-0.3, -0.25) is 4.68 Å². The fourth-order valence-electron chi connectivity index (χ4n) is 4.13. The molecule has 2 aromatic heterocycles. The topological polar surface area (TPSA) is 46.5 Å². The monoisotopic (exact) mass is 497 g/mol. The van der Waals surface area contributed by atoms with Crippen LogP contribution in [0.4, 0.5) is 13.2 Å². The summed E-state index contributed by atoms with van der Waals surface area (Å²) >= 11 is 0. The first kappa shape index (κ1) is 26.2. The van der Waals surface area contributed by atoms with Crippen molar-refractivity contribution in [3.05, 3.63) is 95.7 Å². The predicted molar refractivity (Wildman–Crippen MR) is 138 cm³/mol. The molecule has 0 atom stereocenters. The first-order valence-corrected chi connectivity index (χ1v) is 11.4. The number of aromatic amines is 1. The molecule has 5 rings (SSSR count). The van der Waals surface area contributed by atoms with Crippen molar-refractivity contribution >= 4 is 40.6 Å². The summed E-state index contributed by atoms with van der Waals surface area (Å²) in [6, 6.07) is 22.8. The average molecular weight is 498 g/mol. The second-order valence-electron chi connectivity index (χ2n) is 9.67. The standard InChI is InChI=1S/C28H25F3N4.Na/c1-27(2,3)25-16-24(35(34-25)17-18-9-5-4-6-10-18)26-32-22-14-13-19(15-23(22)33-26)20-11-7-8-12-21(20)28(29,30)31;/h4-16H,17H2,1-3H3,(H,32,33);. The zero-order chi connectivity index (χ0) is 24.8. The van der Waals surface area contributed by atoms with Crippen molar-refractivity contribution < 1.29 is 13.2 Å². The Morgan fingerprint density at radius 2 is 1.56 bits per heavy atom. The van der Waals surface area contributed by atoms with Gasteiger partial charge in [-0.25, -0.2) is 4.98 Å². The van der Waals surface area contributed by atoms with Crippen molar-refractivity contribution in [1.82, 2.24) is 19.7 Å². The molecular weight excluding hydrogens is 472 g/mol. The van der Waals surface area contributed by atoms with Crippen molar-refractivity contribution in [2.45, 2.75) is 38.9 Å². The number of halogens is 3. The zero-order valence-electron chi connectivity index (χ0n) is 20.7. The maximum Gasteiger partial charge on any atom is 0.417 e. The van der Waals surface area contributed by atoms with Crippen LogP contribution in [-0.2, 0) is 18.1 Å². The first-order chi connectivity index (χ1) is 16.6. The third-order valence-electron chi connectivity index (χ3n) is 5.99. The normalized spacial score (nSPS) is 12.1. The van der Waals surface area contributed by atoms with Gasteiger partial charge in [0.05, 0.1) is 28.8 Å². The fourth-order valence-corrected chi connectivity index (χ4v) is 4.13. The molecule has 3 aromatic carbocycles. The number of rotatable bonds is 4. The Bertz CT molecular complexity index is 1500. The molecule has 1 radical (unpaired) electrons. The molecule has 0 spiro atoms. The molecule has 1 N–H and O–H groups in total. The van der Waals surface area contributed by atoms with Crippen LogP contribution in [0.15, 0.2) is 78.9 Å². The van der Waals surface area contributed by atoms with Gasteiger partial charge in [0, 0.05) is 35.0 Å². The Balaban J connectivity index is 0.00000304. The van der Waals surface area contributed by atoms with Gasteiger partial charge in [0.1, 0.15) is 5.69 Å². The summed E-state index contributed by atoms with van der Waals surface area (Å²) in [6.45, 7) is 6.90. The third kappa shape index (κ3) is 5.28. The summed E-state index contributed by atoms with van der Waals surface area (Å²) < 4.78 is 42.6. The molecule has 0 amide bonds. The van der Waals surface area contributed by atoms with E-state index >= 15 is 0 Å². The van der Waals surface area contributed by atoms with Crippen molar-refractivity contribution in [2.75, 3.05) is 0 Å². The summed E-state index contributed by atoms with van der Waals surface area (Å²) in [5, 5.41) is 4.86. The summed E-state index contributed by atoms with van der Waals surface area (Å²) in [4.78, 5) is 8.07. The van der Waals surface area contributed by atoms with Gasteiger partial charge in [0.25, 0.3) is 0 Å². The van der Waals surface area contributed by atoms with E-state index in [4.69, 9.17) is 10.1 Å². The van der Waals surface area contributed by atoms with E-state index in [1.54, 1.807) is 24.3 Å². The molecule has 0 aliphatic carbocycles. The van der Waals surface area contributed by atoms with Crippen LogP contribution in [0.1, 0.15) is 37.6 Å². The molecule has 179 valence electrons. The van der Waals surface area contributed by atoms with Crippen molar-refractivity contribution in [2.24, 2.45) is 0 Å². The molecule has 2 heterocycles. The van der Waals surface area contributed by atoms with Crippen LogP contribution in [-0.4, -0.2) is 49.3 Å². The summed E-state index contributed by atoms with van der Waals surface area (Å²) in [7, 11) is 0. The fraction of sp³-hybridized carbons (Fsp3) is 0.214. The summed E-state index contributed by atoms with van der Waals surface area (Å²) in [5.41, 5.74) is 4.02. The predicted octanol–water partition coefficient (Wildman–Crippen LogP) is 7.08. The van der Waals surface area contributed by atoms with Crippen molar-refractivity contribution in [1.29, 1.82) is 0 Å². The number of nitrogens with zero attached hydrogens (tertiary/aromatic N) is 3. The Morgan fingerprint density at radius 3 is 2.25 bits per heavy atom. The van der Waals surface area contributed by atoms with E-state index in [0.29, 0.717) is 29.0 Å². The van der Waals surface area contributed by atoms with Gasteiger partial charge in [0.2, 0.25) is 0 Å². The second-order valence-corrected chi connectivity index (χ2v) is 9.67. The van der Waals surface area contributed by atoms with Gasteiger partial charge in [-0.1, -0.05) is 75.4 Å². The largest absolute Gasteiger partial charge is 0.417 e. The van der Waals surface area contributed by atoms with E-state index in [9.17, 15) is 13.2 Å². The van der Waals surface area contributed by atoms with Crippen LogP contribution < -0.4 is 0 Å². The zero-order valence-corrected chi connectivity index (χ0v) is 22.7. The molecule has 36 heavy (non-hydrogen) atoms. The second kappa shape index (κ2) is 9.88. The van der Waals surface area contributed by atoms with Crippen LogP contribution in [0, 0.1) is 0 Å². The number of aromatic nitrogens is 4. The van der Waals surface area contributed by atoms with E-state index < -0.39 is 11.7 Å². The Hall–Kier alpha value is -2.87. The van der Waals surface area contributed by atoms with E-state index in [1.165, 1.54) is 12.1 Å². The van der Waals surface area contributed by atoms with E-state index in [2.05, 4.69) is 25.8 Å². The molecule has 8 heteroatoms. The van der Waals surface area contributed by atoms with Gasteiger partial charge in [-0.2, -0.15) is 18.3 Å².